The van der Waals surface area contributed by atoms with E-state index in [-0.39, 0.29) is 6.42 Å². The lowest BCUT2D eigenvalue weighted by molar-refractivity contribution is -0.140. The van der Waals surface area contributed by atoms with Gasteiger partial charge < -0.3 is 14.2 Å². The summed E-state index contributed by atoms with van der Waals surface area (Å²) in [5, 5.41) is 0. The Kier molecular flexibility index (Phi) is 3.50. The van der Waals surface area contributed by atoms with Crippen LogP contribution in [-0.4, -0.2) is 32.8 Å². The molecule has 1 rings (SSSR count). The van der Waals surface area contributed by atoms with Crippen LogP contribution in [0, 0.1) is 0 Å². The Morgan fingerprint density at radius 1 is 1.36 bits per heavy atom. The highest BCUT2D eigenvalue weighted by atomic mass is 16.5. The Labute approximate surface area is 81.6 Å². The average Bonchev–Trinajstić information content (AvgIpc) is 2.64. The number of hydrogen-bond donors (Lipinski definition) is 0. The van der Waals surface area contributed by atoms with Gasteiger partial charge in [-0.05, 0) is 0 Å². The molecule has 0 fully saturated rings. The molecule has 78 valence electrons. The summed E-state index contributed by atoms with van der Waals surface area (Å²) in [7, 11) is 2.58. The number of carbonyl (C=O) groups is 2. The van der Waals surface area contributed by atoms with Crippen LogP contribution in [-0.2, 0) is 23.8 Å². The molecule has 1 aliphatic rings. The summed E-state index contributed by atoms with van der Waals surface area (Å²) in [6, 6.07) is 0. The maximum Gasteiger partial charge on any atom is 0.337 e. The van der Waals surface area contributed by atoms with Crippen molar-refractivity contribution in [2.45, 2.75) is 12.8 Å². The first-order chi connectivity index (χ1) is 6.69. The van der Waals surface area contributed by atoms with Gasteiger partial charge in [0.1, 0.15) is 12.2 Å². The van der Waals surface area contributed by atoms with Crippen LogP contribution in [0.15, 0.2) is 11.3 Å². The van der Waals surface area contributed by atoms with Crippen molar-refractivity contribution in [2.75, 3.05) is 20.8 Å². The maximum absolute atomic E-state index is 11.2. The van der Waals surface area contributed by atoms with Crippen LogP contribution in [0.2, 0.25) is 0 Å². The van der Waals surface area contributed by atoms with E-state index in [1.807, 2.05) is 0 Å². The van der Waals surface area contributed by atoms with Gasteiger partial charge in [-0.25, -0.2) is 4.79 Å². The molecule has 0 aromatic rings. The van der Waals surface area contributed by atoms with Crippen LogP contribution >= 0.6 is 0 Å². The topological polar surface area (TPSA) is 61.8 Å². The molecule has 0 bridgehead atoms. The Morgan fingerprint density at radius 3 is 2.64 bits per heavy atom. The van der Waals surface area contributed by atoms with Crippen LogP contribution in [0.3, 0.4) is 0 Å². The van der Waals surface area contributed by atoms with Crippen molar-refractivity contribution in [3.8, 4) is 0 Å². The van der Waals surface area contributed by atoms with Crippen molar-refractivity contribution >= 4 is 11.9 Å². The van der Waals surface area contributed by atoms with Crippen molar-refractivity contribution in [3.63, 3.8) is 0 Å². The van der Waals surface area contributed by atoms with Crippen molar-refractivity contribution in [1.29, 1.82) is 0 Å². The van der Waals surface area contributed by atoms with Gasteiger partial charge in [-0.15, -0.1) is 0 Å². The molecule has 0 N–H and O–H groups in total. The summed E-state index contributed by atoms with van der Waals surface area (Å²) in [5.74, 6) is -0.506. The predicted molar refractivity (Wildman–Crippen MR) is 46.2 cm³/mol. The van der Waals surface area contributed by atoms with Gasteiger partial charge in [0.25, 0.3) is 0 Å². The number of methoxy groups -OCH3 is 2. The molecule has 0 saturated carbocycles. The summed E-state index contributed by atoms with van der Waals surface area (Å²) in [6.45, 7) is 0.413. The molecule has 0 saturated heterocycles. The molecular weight excluding hydrogens is 188 g/mol. The van der Waals surface area contributed by atoms with Gasteiger partial charge in [-0.1, -0.05) is 0 Å². The number of esters is 2. The first kappa shape index (κ1) is 10.6. The van der Waals surface area contributed by atoms with Crippen molar-refractivity contribution in [3.05, 3.63) is 11.3 Å². The standard InChI is InChI=1S/C9H12O5/c1-12-8(10)5-7-6(3-4-14-7)9(11)13-2/h3-5H2,1-2H3. The van der Waals surface area contributed by atoms with Gasteiger partial charge in [-0.3, -0.25) is 4.79 Å². The van der Waals surface area contributed by atoms with Crippen LogP contribution in [0.4, 0.5) is 0 Å². The molecule has 1 heterocycles. The number of hydrogen-bond acceptors (Lipinski definition) is 5. The molecule has 0 aliphatic carbocycles. The van der Waals surface area contributed by atoms with Gasteiger partial charge in [0, 0.05) is 6.42 Å². The van der Waals surface area contributed by atoms with Crippen LogP contribution in [0.1, 0.15) is 12.8 Å². The Morgan fingerprint density at radius 2 is 2.07 bits per heavy atom. The molecule has 0 aromatic carbocycles. The van der Waals surface area contributed by atoms with E-state index in [0.29, 0.717) is 24.4 Å². The molecule has 0 spiro atoms. The molecule has 14 heavy (non-hydrogen) atoms. The fourth-order valence-corrected chi connectivity index (χ4v) is 1.20. The minimum atomic E-state index is -0.443. The monoisotopic (exact) mass is 200 g/mol. The first-order valence-electron chi connectivity index (χ1n) is 4.19. The summed E-state index contributed by atoms with van der Waals surface area (Å²) in [5.41, 5.74) is 0.429. The Bertz CT molecular complexity index is 279. The minimum Gasteiger partial charge on any atom is -0.496 e. The average molecular weight is 200 g/mol. The summed E-state index contributed by atoms with van der Waals surface area (Å²) >= 11 is 0. The molecule has 5 heteroatoms. The fraction of sp³-hybridized carbons (Fsp3) is 0.556. The van der Waals surface area contributed by atoms with Crippen LogP contribution in [0.25, 0.3) is 0 Å². The number of carbonyl (C=O) groups excluding carboxylic acids is 2. The first-order valence-corrected chi connectivity index (χ1v) is 4.19. The highest BCUT2D eigenvalue weighted by molar-refractivity contribution is 5.90. The molecule has 0 unspecified atom stereocenters. The molecule has 0 amide bonds. The smallest absolute Gasteiger partial charge is 0.337 e. The van der Waals surface area contributed by atoms with Gasteiger partial charge in [0.2, 0.25) is 0 Å². The van der Waals surface area contributed by atoms with E-state index < -0.39 is 11.9 Å². The van der Waals surface area contributed by atoms with Gasteiger partial charge in [-0.2, -0.15) is 0 Å². The number of rotatable bonds is 3. The quantitative estimate of drug-likeness (QED) is 0.617. The minimum absolute atomic E-state index is 0.0130. The predicted octanol–water partition coefficient (Wildman–Crippen LogP) is 0.397. The second-order valence-electron chi connectivity index (χ2n) is 2.74. The second kappa shape index (κ2) is 4.64. The SMILES string of the molecule is COC(=O)CC1=C(C(=O)OC)CCO1. The zero-order chi connectivity index (χ0) is 10.6. The number of ether oxygens (including phenoxy) is 3. The van der Waals surface area contributed by atoms with Crippen LogP contribution in [0.5, 0.6) is 0 Å². The van der Waals surface area contributed by atoms with Gasteiger partial charge >= 0.3 is 11.9 Å². The largest absolute Gasteiger partial charge is 0.496 e. The third kappa shape index (κ3) is 2.25. The van der Waals surface area contributed by atoms with Crippen molar-refractivity contribution in [1.82, 2.24) is 0 Å². The second-order valence-corrected chi connectivity index (χ2v) is 2.74. The van der Waals surface area contributed by atoms with Crippen LogP contribution < -0.4 is 0 Å². The lowest BCUT2D eigenvalue weighted by atomic mass is 10.1. The zero-order valence-electron chi connectivity index (χ0n) is 8.16. The maximum atomic E-state index is 11.2. The van der Waals surface area contributed by atoms with Gasteiger partial charge in [0.15, 0.2) is 0 Å². The Hall–Kier alpha value is -1.52. The molecular formula is C9H12O5. The van der Waals surface area contributed by atoms with E-state index in [2.05, 4.69) is 9.47 Å². The van der Waals surface area contributed by atoms with E-state index in [1.165, 1.54) is 14.2 Å². The van der Waals surface area contributed by atoms with Crippen molar-refractivity contribution < 1.29 is 23.8 Å². The zero-order valence-corrected chi connectivity index (χ0v) is 8.16. The highest BCUT2D eigenvalue weighted by Gasteiger charge is 2.24. The highest BCUT2D eigenvalue weighted by Crippen LogP contribution is 2.23. The van der Waals surface area contributed by atoms with E-state index in [1.54, 1.807) is 0 Å². The normalized spacial score (nSPS) is 15.0. The fourth-order valence-electron chi connectivity index (χ4n) is 1.20. The summed E-state index contributed by atoms with van der Waals surface area (Å²) < 4.78 is 14.2. The lowest BCUT2D eigenvalue weighted by Crippen LogP contribution is -2.08. The molecule has 0 atom stereocenters. The van der Waals surface area contributed by atoms with E-state index >= 15 is 0 Å². The molecule has 0 aromatic heterocycles. The molecule has 0 radical (unpaired) electrons. The van der Waals surface area contributed by atoms with Gasteiger partial charge in [0.05, 0.1) is 26.4 Å². The lowest BCUT2D eigenvalue weighted by Gasteiger charge is -2.03. The summed E-state index contributed by atoms with van der Waals surface area (Å²) in [6.07, 6.45) is 0.472. The van der Waals surface area contributed by atoms with Crippen molar-refractivity contribution in [2.24, 2.45) is 0 Å². The van der Waals surface area contributed by atoms with E-state index in [4.69, 9.17) is 4.74 Å². The molecule has 5 nitrogen and oxygen atoms in total. The Balaban J connectivity index is 2.72. The third-order valence-electron chi connectivity index (χ3n) is 1.93. The van der Waals surface area contributed by atoms with E-state index in [9.17, 15) is 9.59 Å². The molecule has 1 aliphatic heterocycles. The summed E-state index contributed by atoms with van der Waals surface area (Å²) in [4.78, 5) is 22.1. The third-order valence-corrected chi connectivity index (χ3v) is 1.93. The van der Waals surface area contributed by atoms with E-state index in [0.717, 1.165) is 0 Å².